The van der Waals surface area contributed by atoms with Gasteiger partial charge >= 0.3 is 5.69 Å². The van der Waals surface area contributed by atoms with Gasteiger partial charge in [-0.25, -0.2) is 4.79 Å². The van der Waals surface area contributed by atoms with Crippen LogP contribution in [0.1, 0.15) is 19.8 Å². The minimum Gasteiger partial charge on any atom is -0.489 e. The molecule has 1 aliphatic rings. The summed E-state index contributed by atoms with van der Waals surface area (Å²) < 4.78 is 9.80. The summed E-state index contributed by atoms with van der Waals surface area (Å²) in [6, 6.07) is 4.85. The standard InChI is InChI=1S/C22H27Cl2N5O4/c1-13-6-8-28(9-7-13)21-25-19-18(20(31)27(3)22(32)26(19)2)29(21)11-15(30)12-33-17-5-4-14(23)10-16(17)24/h4-5,10,13,15,30H,6-9,11-12H2,1-3H3/t15-/m1/s1. The summed E-state index contributed by atoms with van der Waals surface area (Å²) in [6.07, 6.45) is 1.04. The zero-order valence-electron chi connectivity index (χ0n) is 18.8. The minimum atomic E-state index is -0.960. The summed E-state index contributed by atoms with van der Waals surface area (Å²) in [5.74, 6) is 1.58. The molecular weight excluding hydrogens is 469 g/mol. The first-order valence-electron chi connectivity index (χ1n) is 10.8. The zero-order valence-corrected chi connectivity index (χ0v) is 20.3. The largest absolute Gasteiger partial charge is 0.489 e. The third-order valence-corrected chi connectivity index (χ3v) is 6.64. The van der Waals surface area contributed by atoms with E-state index in [-0.39, 0.29) is 18.7 Å². The lowest BCUT2D eigenvalue weighted by Gasteiger charge is -2.31. The van der Waals surface area contributed by atoms with Crippen LogP contribution in [0.5, 0.6) is 5.75 Å². The second-order valence-electron chi connectivity index (χ2n) is 8.61. The average molecular weight is 496 g/mol. The van der Waals surface area contributed by atoms with Crippen molar-refractivity contribution in [2.45, 2.75) is 32.4 Å². The number of benzene rings is 1. The summed E-state index contributed by atoms with van der Waals surface area (Å²) in [6.45, 7) is 3.79. The van der Waals surface area contributed by atoms with E-state index in [1.165, 1.54) is 11.6 Å². The van der Waals surface area contributed by atoms with Crippen molar-refractivity contribution >= 4 is 40.3 Å². The van der Waals surface area contributed by atoms with E-state index in [0.717, 1.165) is 30.5 Å². The zero-order chi connectivity index (χ0) is 23.9. The molecule has 0 saturated carbocycles. The Morgan fingerprint density at radius 3 is 2.55 bits per heavy atom. The molecule has 4 rings (SSSR count). The Bertz CT molecular complexity index is 1290. The second-order valence-corrected chi connectivity index (χ2v) is 9.45. The number of rotatable bonds is 6. The second kappa shape index (κ2) is 9.40. The molecule has 0 unspecified atom stereocenters. The van der Waals surface area contributed by atoms with Crippen molar-refractivity contribution < 1.29 is 9.84 Å². The summed E-state index contributed by atoms with van der Waals surface area (Å²) in [5.41, 5.74) is -0.328. The van der Waals surface area contributed by atoms with Gasteiger partial charge in [-0.2, -0.15) is 4.98 Å². The quantitative estimate of drug-likeness (QED) is 0.564. The predicted octanol–water partition coefficient (Wildman–Crippen LogP) is 2.42. The van der Waals surface area contributed by atoms with Crippen LogP contribution in [0.15, 0.2) is 27.8 Å². The van der Waals surface area contributed by atoms with Crippen LogP contribution in [0.3, 0.4) is 0 Å². The maximum atomic E-state index is 13.0. The number of hydrogen-bond acceptors (Lipinski definition) is 6. The van der Waals surface area contributed by atoms with E-state index < -0.39 is 17.4 Å². The van der Waals surface area contributed by atoms with Gasteiger partial charge in [0.1, 0.15) is 18.5 Å². The molecule has 9 nitrogen and oxygen atoms in total. The number of aliphatic hydroxyl groups is 1. The van der Waals surface area contributed by atoms with E-state index in [2.05, 4.69) is 16.8 Å². The molecular formula is C22H27Cl2N5O4. The Labute approximate surface area is 200 Å². The molecule has 3 aromatic rings. The Morgan fingerprint density at radius 1 is 1.18 bits per heavy atom. The molecule has 0 aliphatic carbocycles. The highest BCUT2D eigenvalue weighted by atomic mass is 35.5. The van der Waals surface area contributed by atoms with E-state index >= 15 is 0 Å². The van der Waals surface area contributed by atoms with Gasteiger partial charge in [-0.3, -0.25) is 13.9 Å². The van der Waals surface area contributed by atoms with Crippen LogP contribution in [0.2, 0.25) is 10.0 Å². The number of aryl methyl sites for hydroxylation is 1. The molecule has 11 heteroatoms. The molecule has 0 amide bonds. The van der Waals surface area contributed by atoms with Crippen LogP contribution >= 0.6 is 23.2 Å². The number of nitrogens with zero attached hydrogens (tertiary/aromatic N) is 5. The number of piperidine rings is 1. The molecule has 1 saturated heterocycles. The van der Waals surface area contributed by atoms with E-state index in [4.69, 9.17) is 27.9 Å². The average Bonchev–Trinajstić information content (AvgIpc) is 3.15. The Hall–Kier alpha value is -2.49. The van der Waals surface area contributed by atoms with Crippen LogP contribution < -0.4 is 20.9 Å². The van der Waals surface area contributed by atoms with E-state index in [0.29, 0.717) is 33.3 Å². The smallest absolute Gasteiger partial charge is 0.332 e. The highest BCUT2D eigenvalue weighted by molar-refractivity contribution is 6.35. The number of anilines is 1. The molecule has 1 fully saturated rings. The first-order valence-corrected chi connectivity index (χ1v) is 11.6. The highest BCUT2D eigenvalue weighted by Gasteiger charge is 2.26. The maximum Gasteiger partial charge on any atom is 0.332 e. The fourth-order valence-electron chi connectivity index (χ4n) is 4.10. The molecule has 33 heavy (non-hydrogen) atoms. The fourth-order valence-corrected chi connectivity index (χ4v) is 4.56. The third kappa shape index (κ3) is 4.62. The molecule has 0 radical (unpaired) electrons. The van der Waals surface area contributed by atoms with Gasteiger partial charge in [0.25, 0.3) is 5.56 Å². The molecule has 2 aromatic heterocycles. The topological polar surface area (TPSA) is 94.5 Å². The molecule has 1 atom stereocenters. The first-order chi connectivity index (χ1) is 15.7. The number of aliphatic hydroxyl groups excluding tert-OH is 1. The minimum absolute atomic E-state index is 0.0520. The van der Waals surface area contributed by atoms with Crippen molar-refractivity contribution in [3.8, 4) is 5.75 Å². The van der Waals surface area contributed by atoms with Crippen LogP contribution in [0.25, 0.3) is 11.2 Å². The number of aromatic nitrogens is 4. The SMILES string of the molecule is CC1CCN(c2nc3c(c(=O)n(C)c(=O)n3C)n2C[C@@H](O)COc2ccc(Cl)cc2Cl)CC1. The number of halogens is 2. The van der Waals surface area contributed by atoms with Gasteiger partial charge in [0, 0.05) is 32.2 Å². The Morgan fingerprint density at radius 2 is 1.88 bits per heavy atom. The van der Waals surface area contributed by atoms with Crippen LogP contribution in [0.4, 0.5) is 5.95 Å². The van der Waals surface area contributed by atoms with E-state index in [1.54, 1.807) is 29.8 Å². The van der Waals surface area contributed by atoms with Crippen LogP contribution in [-0.4, -0.2) is 49.6 Å². The van der Waals surface area contributed by atoms with Gasteiger partial charge in [0.05, 0.1) is 11.6 Å². The molecule has 0 spiro atoms. The number of imidazole rings is 1. The Kier molecular flexibility index (Phi) is 6.74. The van der Waals surface area contributed by atoms with Crippen molar-refractivity contribution in [2.75, 3.05) is 24.6 Å². The monoisotopic (exact) mass is 495 g/mol. The summed E-state index contributed by atoms with van der Waals surface area (Å²) in [4.78, 5) is 32.3. The molecule has 1 aliphatic heterocycles. The molecule has 3 heterocycles. The van der Waals surface area contributed by atoms with Crippen molar-refractivity contribution in [1.82, 2.24) is 18.7 Å². The molecule has 1 aromatic carbocycles. The van der Waals surface area contributed by atoms with Gasteiger partial charge in [0.15, 0.2) is 11.2 Å². The normalized spacial score (nSPS) is 15.9. The van der Waals surface area contributed by atoms with E-state index in [1.807, 2.05) is 0 Å². The Balaban J connectivity index is 1.69. The van der Waals surface area contributed by atoms with Crippen molar-refractivity contribution in [2.24, 2.45) is 20.0 Å². The summed E-state index contributed by atoms with van der Waals surface area (Å²) in [7, 11) is 3.03. The van der Waals surface area contributed by atoms with Gasteiger partial charge in [-0.1, -0.05) is 30.1 Å². The lowest BCUT2D eigenvalue weighted by molar-refractivity contribution is 0.0936. The third-order valence-electron chi connectivity index (χ3n) is 6.11. The lowest BCUT2D eigenvalue weighted by atomic mass is 10.00. The predicted molar refractivity (Wildman–Crippen MR) is 129 cm³/mol. The van der Waals surface area contributed by atoms with Gasteiger partial charge in [-0.05, 0) is 37.0 Å². The molecule has 178 valence electrons. The first kappa shape index (κ1) is 23.7. The highest BCUT2D eigenvalue weighted by Crippen LogP contribution is 2.28. The summed E-state index contributed by atoms with van der Waals surface area (Å²) in [5, 5.41) is 11.6. The van der Waals surface area contributed by atoms with Crippen molar-refractivity contribution in [1.29, 1.82) is 0 Å². The number of hydrogen-bond donors (Lipinski definition) is 1. The van der Waals surface area contributed by atoms with Crippen molar-refractivity contribution in [3.63, 3.8) is 0 Å². The summed E-state index contributed by atoms with van der Waals surface area (Å²) >= 11 is 12.1. The van der Waals surface area contributed by atoms with Crippen molar-refractivity contribution in [3.05, 3.63) is 49.1 Å². The van der Waals surface area contributed by atoms with Gasteiger partial charge in [-0.15, -0.1) is 0 Å². The molecule has 0 bridgehead atoms. The lowest BCUT2D eigenvalue weighted by Crippen LogP contribution is -2.38. The molecule has 1 N–H and O–H groups in total. The fraction of sp³-hybridized carbons (Fsp3) is 0.500. The van der Waals surface area contributed by atoms with Gasteiger partial charge in [0.2, 0.25) is 5.95 Å². The number of ether oxygens (including phenoxy) is 1. The maximum absolute atomic E-state index is 13.0. The van der Waals surface area contributed by atoms with E-state index in [9.17, 15) is 14.7 Å². The van der Waals surface area contributed by atoms with Crippen LogP contribution in [-0.2, 0) is 20.6 Å². The van der Waals surface area contributed by atoms with Gasteiger partial charge < -0.3 is 19.3 Å². The number of fused-ring (bicyclic) bond motifs is 1. The van der Waals surface area contributed by atoms with Crippen LogP contribution in [0, 0.1) is 5.92 Å².